The quantitative estimate of drug-likeness (QED) is 0.678. The van der Waals surface area contributed by atoms with Crippen LogP contribution in [0.5, 0.6) is 0 Å². The maximum Gasteiger partial charge on any atom is 0.274 e. The van der Waals surface area contributed by atoms with E-state index < -0.39 is 4.92 Å². The van der Waals surface area contributed by atoms with E-state index in [-0.39, 0.29) is 18.8 Å². The summed E-state index contributed by atoms with van der Waals surface area (Å²) in [7, 11) is 0. The predicted octanol–water partition coefficient (Wildman–Crippen LogP) is 1.99. The molecule has 6 nitrogen and oxygen atoms in total. The first-order valence-corrected chi connectivity index (χ1v) is 5.53. The lowest BCUT2D eigenvalue weighted by Gasteiger charge is -2.07. The van der Waals surface area contributed by atoms with E-state index >= 15 is 0 Å². The zero-order valence-electron chi connectivity index (χ0n) is 9.28. The monoisotopic (exact) mass is 267 g/mol. The molecule has 1 N–H and O–H groups in total. The average Bonchev–Trinajstić information content (AvgIpc) is 2.76. The number of hydrogen-bond acceptors (Lipinski definition) is 4. The highest BCUT2D eigenvalue weighted by molar-refractivity contribution is 6.30. The fourth-order valence-electron chi connectivity index (χ4n) is 1.68. The van der Waals surface area contributed by atoms with Crippen molar-refractivity contribution in [2.75, 3.05) is 0 Å². The SMILES string of the molecule is O=[N+]([O-])c1ccc(Cl)cc1Cn1ccnc1CO. The Labute approximate surface area is 108 Å². The zero-order chi connectivity index (χ0) is 13.1. The van der Waals surface area contributed by atoms with E-state index in [1.165, 1.54) is 18.3 Å². The summed E-state index contributed by atoms with van der Waals surface area (Å²) in [6.07, 6.45) is 3.18. The Morgan fingerprint density at radius 2 is 2.28 bits per heavy atom. The average molecular weight is 268 g/mol. The molecule has 2 aromatic rings. The van der Waals surface area contributed by atoms with Crippen molar-refractivity contribution in [1.82, 2.24) is 9.55 Å². The molecule has 94 valence electrons. The molecular weight excluding hydrogens is 258 g/mol. The molecule has 0 saturated carbocycles. The predicted molar refractivity (Wildman–Crippen MR) is 65.4 cm³/mol. The van der Waals surface area contributed by atoms with Gasteiger partial charge in [-0.05, 0) is 12.1 Å². The van der Waals surface area contributed by atoms with Gasteiger partial charge in [0.1, 0.15) is 12.4 Å². The van der Waals surface area contributed by atoms with Crippen molar-refractivity contribution >= 4 is 17.3 Å². The second-order valence-corrected chi connectivity index (χ2v) is 4.10. The number of imidazole rings is 1. The van der Waals surface area contributed by atoms with Gasteiger partial charge in [0.15, 0.2) is 0 Å². The number of nitro benzene ring substituents is 1. The van der Waals surface area contributed by atoms with Gasteiger partial charge in [-0.3, -0.25) is 10.1 Å². The summed E-state index contributed by atoms with van der Waals surface area (Å²) in [5, 5.41) is 20.4. The molecule has 7 heteroatoms. The van der Waals surface area contributed by atoms with Gasteiger partial charge in [0, 0.05) is 23.5 Å². The van der Waals surface area contributed by atoms with Gasteiger partial charge >= 0.3 is 0 Å². The molecule has 0 fully saturated rings. The van der Waals surface area contributed by atoms with Crippen molar-refractivity contribution in [3.63, 3.8) is 0 Å². The molecule has 0 aliphatic carbocycles. The van der Waals surface area contributed by atoms with Crippen LogP contribution in [-0.2, 0) is 13.2 Å². The molecule has 0 atom stereocenters. The number of nitrogens with zero attached hydrogens (tertiary/aromatic N) is 3. The lowest BCUT2D eigenvalue weighted by Crippen LogP contribution is -2.06. The van der Waals surface area contributed by atoms with Gasteiger partial charge in [0.25, 0.3) is 5.69 Å². The van der Waals surface area contributed by atoms with E-state index in [0.717, 1.165) is 0 Å². The molecule has 18 heavy (non-hydrogen) atoms. The van der Waals surface area contributed by atoms with Crippen LogP contribution in [0, 0.1) is 10.1 Å². The molecule has 0 saturated heterocycles. The summed E-state index contributed by atoms with van der Waals surface area (Å²) in [4.78, 5) is 14.4. The van der Waals surface area contributed by atoms with Crippen LogP contribution in [0.3, 0.4) is 0 Å². The number of aromatic nitrogens is 2. The maximum atomic E-state index is 10.9. The van der Waals surface area contributed by atoms with Gasteiger partial charge in [0.05, 0.1) is 17.0 Å². The van der Waals surface area contributed by atoms with Crippen molar-refractivity contribution in [2.45, 2.75) is 13.2 Å². The van der Waals surface area contributed by atoms with E-state index in [0.29, 0.717) is 16.4 Å². The highest BCUT2D eigenvalue weighted by atomic mass is 35.5. The van der Waals surface area contributed by atoms with Gasteiger partial charge in [-0.2, -0.15) is 0 Å². The first kappa shape index (κ1) is 12.5. The minimum absolute atomic E-state index is 0.00279. The molecule has 0 unspecified atom stereocenters. The van der Waals surface area contributed by atoms with Crippen LogP contribution in [0.1, 0.15) is 11.4 Å². The first-order valence-electron chi connectivity index (χ1n) is 5.15. The molecule has 2 rings (SSSR count). The Kier molecular flexibility index (Phi) is 3.59. The van der Waals surface area contributed by atoms with E-state index in [9.17, 15) is 10.1 Å². The number of aliphatic hydroxyl groups is 1. The number of rotatable bonds is 4. The molecule has 0 aliphatic heterocycles. The third kappa shape index (κ3) is 2.49. The van der Waals surface area contributed by atoms with E-state index in [1.54, 1.807) is 16.8 Å². The van der Waals surface area contributed by atoms with E-state index in [4.69, 9.17) is 16.7 Å². The zero-order valence-corrected chi connectivity index (χ0v) is 10.0. The Morgan fingerprint density at radius 1 is 1.50 bits per heavy atom. The summed E-state index contributed by atoms with van der Waals surface area (Å²) in [5.41, 5.74) is 0.470. The van der Waals surface area contributed by atoms with Gasteiger partial charge < -0.3 is 9.67 Å². The van der Waals surface area contributed by atoms with Crippen molar-refractivity contribution in [1.29, 1.82) is 0 Å². The van der Waals surface area contributed by atoms with Crippen LogP contribution in [-0.4, -0.2) is 19.6 Å². The normalized spacial score (nSPS) is 10.6. The highest BCUT2D eigenvalue weighted by Crippen LogP contribution is 2.23. The molecule has 0 aliphatic rings. The van der Waals surface area contributed by atoms with Gasteiger partial charge in [-0.1, -0.05) is 11.6 Å². The number of benzene rings is 1. The first-order chi connectivity index (χ1) is 8.61. The molecule has 0 amide bonds. The molecule has 1 aromatic carbocycles. The van der Waals surface area contributed by atoms with Crippen LogP contribution in [0.2, 0.25) is 5.02 Å². The standard InChI is InChI=1S/C11H10ClN3O3/c12-9-1-2-10(15(17)18)8(5-9)6-14-4-3-13-11(14)7-16/h1-5,16H,6-7H2. The summed E-state index contributed by atoms with van der Waals surface area (Å²) in [6.45, 7) is 0.0220. The second kappa shape index (κ2) is 5.16. The molecule has 1 aromatic heterocycles. The number of nitro groups is 1. The van der Waals surface area contributed by atoms with Gasteiger partial charge in [0.2, 0.25) is 0 Å². The lowest BCUT2D eigenvalue weighted by molar-refractivity contribution is -0.385. The summed E-state index contributed by atoms with van der Waals surface area (Å²) < 4.78 is 1.64. The largest absolute Gasteiger partial charge is 0.388 e. The van der Waals surface area contributed by atoms with Gasteiger partial charge in [-0.25, -0.2) is 4.98 Å². The summed E-state index contributed by atoms with van der Waals surface area (Å²) in [5.74, 6) is 0.448. The number of aliphatic hydroxyl groups excluding tert-OH is 1. The summed E-state index contributed by atoms with van der Waals surface area (Å²) >= 11 is 5.84. The molecular formula is C11H10ClN3O3. The van der Waals surface area contributed by atoms with Crippen LogP contribution >= 0.6 is 11.6 Å². The Hall–Kier alpha value is -1.92. The van der Waals surface area contributed by atoms with Crippen LogP contribution in [0.25, 0.3) is 0 Å². The van der Waals surface area contributed by atoms with Crippen molar-refractivity contribution in [2.24, 2.45) is 0 Å². The third-order valence-corrected chi connectivity index (χ3v) is 2.76. The Balaban J connectivity index is 2.39. The highest BCUT2D eigenvalue weighted by Gasteiger charge is 2.15. The van der Waals surface area contributed by atoms with Crippen LogP contribution < -0.4 is 0 Å². The molecule has 1 heterocycles. The minimum atomic E-state index is -0.457. The minimum Gasteiger partial charge on any atom is -0.388 e. The number of hydrogen-bond donors (Lipinski definition) is 1. The van der Waals surface area contributed by atoms with Crippen molar-refractivity contribution in [3.05, 3.63) is 57.1 Å². The van der Waals surface area contributed by atoms with Crippen LogP contribution in [0.4, 0.5) is 5.69 Å². The van der Waals surface area contributed by atoms with Crippen molar-refractivity contribution in [3.8, 4) is 0 Å². The smallest absolute Gasteiger partial charge is 0.274 e. The fraction of sp³-hybridized carbons (Fsp3) is 0.182. The van der Waals surface area contributed by atoms with E-state index in [2.05, 4.69) is 4.98 Å². The third-order valence-electron chi connectivity index (χ3n) is 2.52. The number of halogens is 1. The van der Waals surface area contributed by atoms with Gasteiger partial charge in [-0.15, -0.1) is 0 Å². The fourth-order valence-corrected chi connectivity index (χ4v) is 1.87. The topological polar surface area (TPSA) is 81.2 Å². The Morgan fingerprint density at radius 3 is 2.94 bits per heavy atom. The Bertz CT molecular complexity index is 583. The lowest BCUT2D eigenvalue weighted by atomic mass is 10.2. The van der Waals surface area contributed by atoms with Crippen LogP contribution in [0.15, 0.2) is 30.6 Å². The maximum absolute atomic E-state index is 10.9. The molecule has 0 spiro atoms. The second-order valence-electron chi connectivity index (χ2n) is 3.66. The van der Waals surface area contributed by atoms with E-state index in [1.807, 2.05) is 0 Å². The summed E-state index contributed by atoms with van der Waals surface area (Å²) in [6, 6.07) is 4.39. The van der Waals surface area contributed by atoms with Crippen molar-refractivity contribution < 1.29 is 10.0 Å². The molecule has 0 bridgehead atoms. The molecule has 0 radical (unpaired) electrons.